The van der Waals surface area contributed by atoms with E-state index in [9.17, 15) is 18.6 Å². The molecule has 130 valence electrons. The van der Waals surface area contributed by atoms with Gasteiger partial charge in [0.15, 0.2) is 0 Å². The van der Waals surface area contributed by atoms with Crippen LogP contribution >= 0.6 is 0 Å². The molecule has 0 aliphatic carbocycles. The molecule has 2 rings (SSSR count). The monoisotopic (exact) mass is 348 g/mol. The van der Waals surface area contributed by atoms with Gasteiger partial charge in [-0.2, -0.15) is 0 Å². The van der Waals surface area contributed by atoms with E-state index >= 15 is 0 Å². The molecular weight excluding hydrogens is 324 g/mol. The van der Waals surface area contributed by atoms with Crippen molar-refractivity contribution in [3.05, 3.63) is 45.0 Å². The summed E-state index contributed by atoms with van der Waals surface area (Å²) >= 11 is 0. The fourth-order valence-corrected chi connectivity index (χ4v) is 5.35. The zero-order chi connectivity index (χ0) is 18.6. The van der Waals surface area contributed by atoms with Crippen molar-refractivity contribution in [1.82, 2.24) is 0 Å². The van der Waals surface area contributed by atoms with Crippen LogP contribution in [0.3, 0.4) is 0 Å². The van der Waals surface area contributed by atoms with Gasteiger partial charge in [0.25, 0.3) is 0 Å². The van der Waals surface area contributed by atoms with E-state index in [1.54, 1.807) is 47.6 Å². The van der Waals surface area contributed by atoms with Crippen LogP contribution in [0.1, 0.15) is 38.9 Å². The van der Waals surface area contributed by atoms with E-state index in [0.29, 0.717) is 33.4 Å². The van der Waals surface area contributed by atoms with Crippen LogP contribution in [0.25, 0.3) is 0 Å². The molecule has 24 heavy (non-hydrogen) atoms. The maximum Gasteiger partial charge on any atom is 0.211 e. The molecule has 5 heteroatoms. The first-order valence-electron chi connectivity index (χ1n) is 7.77. The first-order valence-corrected chi connectivity index (χ1v) is 9.25. The number of hydrogen-bond donors (Lipinski definition) is 2. The highest BCUT2D eigenvalue weighted by Crippen LogP contribution is 2.41. The summed E-state index contributed by atoms with van der Waals surface area (Å²) in [6, 6.07) is 1.77. The Kier molecular flexibility index (Phi) is 4.44. The van der Waals surface area contributed by atoms with Crippen LogP contribution in [0.5, 0.6) is 11.5 Å². The average Bonchev–Trinajstić information content (AvgIpc) is 2.48. The van der Waals surface area contributed by atoms with Crippen molar-refractivity contribution in [3.63, 3.8) is 0 Å². The van der Waals surface area contributed by atoms with Gasteiger partial charge in [-0.3, -0.25) is 0 Å². The maximum absolute atomic E-state index is 13.4. The molecule has 0 bridgehead atoms. The summed E-state index contributed by atoms with van der Waals surface area (Å²) in [7, 11) is -3.92. The highest BCUT2D eigenvalue weighted by atomic mass is 32.2. The van der Waals surface area contributed by atoms with Crippen LogP contribution < -0.4 is 0 Å². The van der Waals surface area contributed by atoms with E-state index in [-0.39, 0.29) is 21.3 Å². The number of hydrogen-bond acceptors (Lipinski definition) is 4. The molecule has 2 aromatic rings. The molecule has 0 aromatic heterocycles. The lowest BCUT2D eigenvalue weighted by atomic mass is 10.00. The predicted molar refractivity (Wildman–Crippen MR) is 94.8 cm³/mol. The number of phenolic OH excluding ortho intramolecular Hbond substituents is 2. The Morgan fingerprint density at radius 3 is 1.54 bits per heavy atom. The molecule has 0 fully saturated rings. The van der Waals surface area contributed by atoms with Crippen LogP contribution in [0, 0.1) is 48.5 Å². The molecule has 0 spiro atoms. The van der Waals surface area contributed by atoms with Crippen molar-refractivity contribution in [1.29, 1.82) is 0 Å². The van der Waals surface area contributed by atoms with Crippen LogP contribution in [0.15, 0.2) is 15.9 Å². The molecule has 0 aliphatic heterocycles. The third-order valence-corrected chi connectivity index (χ3v) is 7.21. The molecule has 0 saturated carbocycles. The molecule has 2 N–H and O–H groups in total. The quantitative estimate of drug-likeness (QED) is 0.857. The normalized spacial score (nSPS) is 11.8. The molecular formula is C19H24O4S. The Bertz CT molecular complexity index is 925. The summed E-state index contributed by atoms with van der Waals surface area (Å²) in [5.41, 5.74) is 4.01. The molecule has 0 saturated heterocycles. The van der Waals surface area contributed by atoms with Crippen LogP contribution in [-0.2, 0) is 9.84 Å². The fraction of sp³-hybridized carbons (Fsp3) is 0.368. The smallest absolute Gasteiger partial charge is 0.211 e. The second-order valence-corrected chi connectivity index (χ2v) is 8.32. The van der Waals surface area contributed by atoms with Crippen molar-refractivity contribution in [2.45, 2.75) is 58.3 Å². The minimum Gasteiger partial charge on any atom is -0.507 e. The van der Waals surface area contributed by atoms with Gasteiger partial charge in [-0.25, -0.2) is 8.42 Å². The molecule has 0 radical (unpaired) electrons. The highest BCUT2D eigenvalue weighted by molar-refractivity contribution is 7.91. The Hall–Kier alpha value is -2.01. The third kappa shape index (κ3) is 2.47. The lowest BCUT2D eigenvalue weighted by Crippen LogP contribution is -2.11. The predicted octanol–water partition coefficient (Wildman–Crippen LogP) is 4.09. The first-order chi connectivity index (χ1) is 10.9. The lowest BCUT2D eigenvalue weighted by Gasteiger charge is -2.20. The highest BCUT2D eigenvalue weighted by Gasteiger charge is 2.31. The van der Waals surface area contributed by atoms with Gasteiger partial charge >= 0.3 is 0 Å². The molecule has 4 nitrogen and oxygen atoms in total. The number of sulfone groups is 1. The van der Waals surface area contributed by atoms with Gasteiger partial charge in [-0.05, 0) is 87.4 Å². The van der Waals surface area contributed by atoms with Gasteiger partial charge in [0.2, 0.25) is 9.84 Å². The van der Waals surface area contributed by atoms with E-state index in [2.05, 4.69) is 0 Å². The van der Waals surface area contributed by atoms with Gasteiger partial charge in [0.1, 0.15) is 16.4 Å². The van der Waals surface area contributed by atoms with Crippen molar-refractivity contribution >= 4 is 9.84 Å². The van der Waals surface area contributed by atoms with Gasteiger partial charge in [0, 0.05) is 0 Å². The summed E-state index contributed by atoms with van der Waals surface area (Å²) in [5, 5.41) is 20.7. The van der Waals surface area contributed by atoms with E-state index in [0.717, 1.165) is 5.56 Å². The van der Waals surface area contributed by atoms with Crippen molar-refractivity contribution in [2.24, 2.45) is 0 Å². The van der Waals surface area contributed by atoms with Gasteiger partial charge in [0.05, 0.1) is 4.90 Å². The summed E-state index contributed by atoms with van der Waals surface area (Å²) in [5.74, 6) is -0.0836. The van der Waals surface area contributed by atoms with Gasteiger partial charge < -0.3 is 10.2 Å². The van der Waals surface area contributed by atoms with E-state index < -0.39 is 9.84 Å². The van der Waals surface area contributed by atoms with Crippen LogP contribution in [0.2, 0.25) is 0 Å². The number of benzene rings is 2. The second kappa shape index (κ2) is 5.81. The van der Waals surface area contributed by atoms with Gasteiger partial charge in [-0.1, -0.05) is 6.07 Å². The number of aryl methyl sites for hydroxylation is 2. The molecule has 2 aromatic carbocycles. The summed E-state index contributed by atoms with van der Waals surface area (Å²) < 4.78 is 26.7. The minimum atomic E-state index is -3.92. The number of rotatable bonds is 2. The number of aromatic hydroxyl groups is 2. The summed E-state index contributed by atoms with van der Waals surface area (Å²) in [6.07, 6.45) is 0. The summed E-state index contributed by atoms with van der Waals surface area (Å²) in [4.78, 5) is 0.109. The lowest BCUT2D eigenvalue weighted by molar-refractivity contribution is 0.452. The summed E-state index contributed by atoms with van der Waals surface area (Å²) in [6.45, 7) is 12.0. The Morgan fingerprint density at radius 1 is 0.625 bits per heavy atom. The van der Waals surface area contributed by atoms with Crippen molar-refractivity contribution in [3.8, 4) is 11.5 Å². The van der Waals surface area contributed by atoms with Crippen molar-refractivity contribution in [2.75, 3.05) is 0 Å². The zero-order valence-corrected chi connectivity index (χ0v) is 16.0. The van der Waals surface area contributed by atoms with E-state index in [1.807, 2.05) is 6.92 Å². The second-order valence-electron chi connectivity index (χ2n) is 6.49. The molecule has 0 atom stereocenters. The average molecular weight is 348 g/mol. The standard InChI is InChI=1S/C19H24O4S/c1-9-8-10(2)18(17(21)11(9)3)24(22,23)19-14(6)12(4)16(20)13(5)15(19)7/h8,20-21H,1-7H3. The van der Waals surface area contributed by atoms with Crippen LogP contribution in [0.4, 0.5) is 0 Å². The fourth-order valence-electron chi connectivity index (χ4n) is 3.15. The zero-order valence-electron chi connectivity index (χ0n) is 15.2. The molecule has 0 amide bonds. The Morgan fingerprint density at radius 2 is 1.08 bits per heavy atom. The number of phenols is 2. The molecule has 0 aliphatic rings. The Balaban J connectivity index is 2.97. The minimum absolute atomic E-state index is 0.0544. The molecule has 0 unspecified atom stereocenters. The van der Waals surface area contributed by atoms with Gasteiger partial charge in [-0.15, -0.1) is 0 Å². The topological polar surface area (TPSA) is 74.6 Å². The Labute approximate surface area is 143 Å². The SMILES string of the molecule is Cc1cc(C)c(S(=O)(=O)c2c(C)c(C)c(O)c(C)c2C)c(O)c1C. The molecule has 0 heterocycles. The largest absolute Gasteiger partial charge is 0.507 e. The van der Waals surface area contributed by atoms with E-state index in [1.165, 1.54) is 0 Å². The van der Waals surface area contributed by atoms with Crippen molar-refractivity contribution < 1.29 is 18.6 Å². The first kappa shape index (κ1) is 18.3. The maximum atomic E-state index is 13.4. The van der Waals surface area contributed by atoms with Crippen LogP contribution in [-0.4, -0.2) is 18.6 Å². The van der Waals surface area contributed by atoms with E-state index in [4.69, 9.17) is 0 Å². The third-order valence-electron chi connectivity index (χ3n) is 5.01.